The lowest BCUT2D eigenvalue weighted by Crippen LogP contribution is -2.33. The number of H-pyrrole nitrogens is 1. The minimum absolute atomic E-state index is 0.0458. The Morgan fingerprint density at radius 1 is 1.24 bits per heavy atom. The van der Waals surface area contributed by atoms with Gasteiger partial charge in [0.1, 0.15) is 18.9 Å². The second-order valence-corrected chi connectivity index (χ2v) is 11.0. The van der Waals surface area contributed by atoms with Crippen molar-refractivity contribution in [3.63, 3.8) is 0 Å². The minimum Gasteiger partial charge on any atom is -0.459 e. The molecule has 1 aliphatic rings. The average molecular weight is 600 g/mol. The molecule has 1 unspecified atom stereocenters. The SMILES string of the molecule is CCCN(CCC)S(=O)(=O)c1ccc(C(=O)OC[C@@H]2O[C@H](n3cc(/C=C/Br)c(=O)[nH]c3=O)CC2O)cc1. The van der Waals surface area contributed by atoms with E-state index in [1.165, 1.54) is 45.8 Å². The number of sulfonamides is 1. The number of aliphatic hydroxyl groups is 1. The van der Waals surface area contributed by atoms with Crippen LogP contribution in [0.3, 0.4) is 0 Å². The lowest BCUT2D eigenvalue weighted by atomic mass is 10.2. The molecule has 13 heteroatoms. The molecule has 0 aliphatic carbocycles. The van der Waals surface area contributed by atoms with E-state index in [9.17, 15) is 27.9 Å². The van der Waals surface area contributed by atoms with E-state index in [1.807, 2.05) is 13.8 Å². The van der Waals surface area contributed by atoms with E-state index >= 15 is 0 Å². The van der Waals surface area contributed by atoms with Gasteiger partial charge in [0.15, 0.2) is 0 Å². The van der Waals surface area contributed by atoms with E-state index in [4.69, 9.17) is 9.47 Å². The van der Waals surface area contributed by atoms with Gasteiger partial charge in [-0.25, -0.2) is 18.0 Å². The molecule has 2 heterocycles. The fourth-order valence-electron chi connectivity index (χ4n) is 3.94. The zero-order valence-electron chi connectivity index (χ0n) is 20.5. The number of esters is 1. The van der Waals surface area contributed by atoms with E-state index < -0.39 is 45.7 Å². The summed E-state index contributed by atoms with van der Waals surface area (Å²) < 4.78 is 39.4. The molecule has 0 radical (unpaired) electrons. The summed E-state index contributed by atoms with van der Waals surface area (Å²) in [5.74, 6) is -0.715. The molecule has 202 valence electrons. The second kappa shape index (κ2) is 12.8. The summed E-state index contributed by atoms with van der Waals surface area (Å²) in [5.41, 5.74) is -0.910. The van der Waals surface area contributed by atoms with E-state index in [-0.39, 0.29) is 29.1 Å². The maximum Gasteiger partial charge on any atom is 0.338 e. The van der Waals surface area contributed by atoms with Crippen molar-refractivity contribution in [1.82, 2.24) is 13.9 Å². The first-order valence-electron chi connectivity index (χ1n) is 11.8. The molecule has 0 saturated carbocycles. The zero-order chi connectivity index (χ0) is 27.2. The van der Waals surface area contributed by atoms with E-state index in [0.717, 1.165) is 4.57 Å². The molecule has 1 fully saturated rings. The molecule has 2 N–H and O–H groups in total. The molecule has 0 spiro atoms. The molecule has 3 rings (SSSR count). The van der Waals surface area contributed by atoms with Crippen molar-refractivity contribution < 1.29 is 27.8 Å². The van der Waals surface area contributed by atoms with Gasteiger partial charge in [-0.15, -0.1) is 0 Å². The molecular formula is C24H30BrN3O8S. The number of hydrogen-bond donors (Lipinski definition) is 2. The standard InChI is InChI=1S/C24H30BrN3O8S/c1-3-11-27(12-4-2)37(33,34)18-7-5-16(6-8-18)23(31)35-15-20-19(29)13-21(36-20)28-14-17(9-10-25)22(30)26-24(28)32/h5-10,14,19-21,29H,3-4,11-13,15H2,1-2H3,(H,26,30,32)/b10-9+/t19?,20-,21-/m0/s1. The quantitative estimate of drug-likeness (QED) is 0.373. The van der Waals surface area contributed by atoms with Crippen molar-refractivity contribution in [1.29, 1.82) is 0 Å². The van der Waals surface area contributed by atoms with Gasteiger partial charge in [0, 0.05) is 25.7 Å². The number of nitrogens with one attached hydrogen (secondary N) is 1. The molecule has 0 amide bonds. The molecule has 0 bridgehead atoms. The Labute approximate surface area is 222 Å². The summed E-state index contributed by atoms with van der Waals surface area (Å²) in [6.07, 6.45) is 1.40. The minimum atomic E-state index is -3.67. The van der Waals surface area contributed by atoms with Crippen LogP contribution in [0, 0.1) is 0 Å². The number of hydrogen-bond acceptors (Lipinski definition) is 8. The van der Waals surface area contributed by atoms with Crippen LogP contribution in [0.15, 0.2) is 49.9 Å². The lowest BCUT2D eigenvalue weighted by molar-refractivity contribution is -0.0532. The Bertz CT molecular complexity index is 1330. The number of aromatic nitrogens is 2. The fraction of sp³-hybridized carbons (Fsp3) is 0.458. The number of nitrogens with zero attached hydrogens (tertiary/aromatic N) is 2. The van der Waals surface area contributed by atoms with Gasteiger partial charge in [-0.05, 0) is 48.2 Å². The van der Waals surface area contributed by atoms with Gasteiger partial charge in [0.2, 0.25) is 10.0 Å². The summed E-state index contributed by atoms with van der Waals surface area (Å²) in [4.78, 5) is 40.4. The molecule has 2 aromatic rings. The van der Waals surface area contributed by atoms with Gasteiger partial charge in [-0.2, -0.15) is 4.31 Å². The first kappa shape index (κ1) is 29.0. The average Bonchev–Trinajstić information content (AvgIpc) is 3.24. The molecular weight excluding hydrogens is 570 g/mol. The number of aliphatic hydroxyl groups excluding tert-OH is 1. The van der Waals surface area contributed by atoms with Crippen molar-refractivity contribution >= 4 is 38.0 Å². The van der Waals surface area contributed by atoms with Crippen LogP contribution in [0.25, 0.3) is 6.08 Å². The van der Waals surface area contributed by atoms with Crippen LogP contribution in [0.5, 0.6) is 0 Å². The van der Waals surface area contributed by atoms with Gasteiger partial charge >= 0.3 is 11.7 Å². The number of halogens is 1. The first-order chi connectivity index (χ1) is 17.6. The third-order valence-electron chi connectivity index (χ3n) is 5.80. The molecule has 1 aliphatic heterocycles. The number of benzene rings is 1. The van der Waals surface area contributed by atoms with Gasteiger partial charge in [-0.3, -0.25) is 14.3 Å². The van der Waals surface area contributed by atoms with Crippen LogP contribution in [0.2, 0.25) is 0 Å². The van der Waals surface area contributed by atoms with E-state index in [0.29, 0.717) is 25.9 Å². The van der Waals surface area contributed by atoms with Crippen LogP contribution in [0.4, 0.5) is 0 Å². The largest absolute Gasteiger partial charge is 0.459 e. The van der Waals surface area contributed by atoms with Gasteiger partial charge in [-0.1, -0.05) is 29.8 Å². The Morgan fingerprint density at radius 3 is 2.49 bits per heavy atom. The maximum atomic E-state index is 12.9. The zero-order valence-corrected chi connectivity index (χ0v) is 22.9. The van der Waals surface area contributed by atoms with Gasteiger partial charge < -0.3 is 14.6 Å². The topological polar surface area (TPSA) is 148 Å². The van der Waals surface area contributed by atoms with Crippen molar-refractivity contribution in [2.24, 2.45) is 0 Å². The predicted molar refractivity (Wildman–Crippen MR) is 140 cm³/mol. The molecule has 1 aromatic carbocycles. The lowest BCUT2D eigenvalue weighted by Gasteiger charge is -2.21. The van der Waals surface area contributed by atoms with Crippen molar-refractivity contribution in [2.75, 3.05) is 19.7 Å². The van der Waals surface area contributed by atoms with Crippen molar-refractivity contribution in [2.45, 2.75) is 56.4 Å². The van der Waals surface area contributed by atoms with Crippen LogP contribution in [-0.2, 0) is 19.5 Å². The third kappa shape index (κ3) is 6.85. The Morgan fingerprint density at radius 2 is 1.89 bits per heavy atom. The Hall–Kier alpha value is -2.58. The fourth-order valence-corrected chi connectivity index (χ4v) is 5.85. The van der Waals surface area contributed by atoms with Crippen LogP contribution < -0.4 is 11.2 Å². The number of carbonyl (C=O) groups is 1. The van der Waals surface area contributed by atoms with Crippen molar-refractivity contribution in [3.8, 4) is 0 Å². The summed E-state index contributed by atoms with van der Waals surface area (Å²) >= 11 is 3.08. The highest BCUT2D eigenvalue weighted by Crippen LogP contribution is 2.28. The summed E-state index contributed by atoms with van der Waals surface area (Å²) in [6, 6.07) is 5.48. The summed E-state index contributed by atoms with van der Waals surface area (Å²) in [6.45, 7) is 4.34. The number of rotatable bonds is 11. The Kier molecular flexibility index (Phi) is 10.0. The van der Waals surface area contributed by atoms with E-state index in [1.54, 1.807) is 0 Å². The molecule has 3 atom stereocenters. The molecule has 37 heavy (non-hydrogen) atoms. The van der Waals surface area contributed by atoms with E-state index in [2.05, 4.69) is 20.9 Å². The molecule has 1 saturated heterocycles. The summed E-state index contributed by atoms with van der Waals surface area (Å²) in [5, 5.41) is 10.4. The van der Waals surface area contributed by atoms with Crippen LogP contribution in [-0.4, -0.2) is 65.3 Å². The predicted octanol–water partition coefficient (Wildman–Crippen LogP) is 2.22. The van der Waals surface area contributed by atoms with Gasteiger partial charge in [0.25, 0.3) is 5.56 Å². The highest BCUT2D eigenvalue weighted by atomic mass is 79.9. The smallest absolute Gasteiger partial charge is 0.338 e. The highest BCUT2D eigenvalue weighted by Gasteiger charge is 2.36. The monoisotopic (exact) mass is 599 g/mol. The first-order valence-corrected chi connectivity index (χ1v) is 14.2. The second-order valence-electron chi connectivity index (χ2n) is 8.50. The molecule has 11 nitrogen and oxygen atoms in total. The number of carbonyl (C=O) groups excluding carboxylic acids is 1. The van der Waals surface area contributed by atoms with Gasteiger partial charge in [0.05, 0.1) is 22.1 Å². The molecule has 1 aromatic heterocycles. The summed E-state index contributed by atoms with van der Waals surface area (Å²) in [7, 11) is -3.67. The maximum absolute atomic E-state index is 12.9. The normalized spacial score (nSPS) is 20.1. The highest BCUT2D eigenvalue weighted by molar-refractivity contribution is 9.11. The van der Waals surface area contributed by atoms with Crippen LogP contribution in [0.1, 0.15) is 55.3 Å². The Balaban J connectivity index is 1.65. The number of ether oxygens (including phenoxy) is 2. The third-order valence-corrected chi connectivity index (χ3v) is 7.98. The van der Waals surface area contributed by atoms with Crippen molar-refractivity contribution in [3.05, 3.63) is 67.4 Å². The number of aromatic amines is 1. The van der Waals surface area contributed by atoms with Crippen LogP contribution >= 0.6 is 15.9 Å².